The number of ether oxygens (including phenoxy) is 2. The Balaban J connectivity index is 1.51. The normalized spacial score (nSPS) is 20.8. The Hall–Kier alpha value is -2.55. The number of hydrogen-bond donors (Lipinski definition) is 0. The second kappa shape index (κ2) is 6.88. The van der Waals surface area contributed by atoms with Crippen LogP contribution < -0.4 is 4.74 Å². The van der Waals surface area contributed by atoms with Gasteiger partial charge < -0.3 is 14.4 Å². The number of nitrogens with zero attached hydrogens (tertiary/aromatic N) is 3. The Labute approximate surface area is 153 Å². The molecule has 0 N–H and O–H groups in total. The van der Waals surface area contributed by atoms with E-state index in [2.05, 4.69) is 5.10 Å². The summed E-state index contributed by atoms with van der Waals surface area (Å²) in [6.07, 6.45) is -5.24. The average Bonchev–Trinajstić information content (AvgIpc) is 3.01. The van der Waals surface area contributed by atoms with E-state index in [4.69, 9.17) is 9.47 Å². The number of fused-ring (bicyclic) bond motifs is 1. The summed E-state index contributed by atoms with van der Waals surface area (Å²) in [5.74, 6) is -0.0340. The van der Waals surface area contributed by atoms with Gasteiger partial charge in [-0.15, -0.1) is 0 Å². The lowest BCUT2D eigenvalue weighted by Gasteiger charge is -2.42. The molecule has 3 heterocycles. The number of amides is 1. The van der Waals surface area contributed by atoms with Gasteiger partial charge in [-0.3, -0.25) is 9.48 Å². The molecule has 1 aromatic carbocycles. The molecule has 0 saturated carbocycles. The molecule has 4 rings (SSSR count). The molecule has 2 aromatic rings. The lowest BCUT2D eigenvalue weighted by molar-refractivity contribution is -0.230. The first-order valence-corrected chi connectivity index (χ1v) is 8.67. The Bertz CT molecular complexity index is 818. The molecule has 144 valence electrons. The molecular weight excluding hydrogens is 363 g/mol. The molecule has 1 saturated heterocycles. The van der Waals surface area contributed by atoms with Gasteiger partial charge in [0.05, 0.1) is 12.6 Å². The van der Waals surface area contributed by atoms with E-state index < -0.39 is 24.2 Å². The van der Waals surface area contributed by atoms with Crippen LogP contribution in [0.4, 0.5) is 13.2 Å². The minimum atomic E-state index is -4.54. The van der Waals surface area contributed by atoms with Crippen LogP contribution in [0.5, 0.6) is 5.75 Å². The molecule has 0 bridgehead atoms. The van der Waals surface area contributed by atoms with Gasteiger partial charge in [-0.05, 0) is 24.6 Å². The van der Waals surface area contributed by atoms with Gasteiger partial charge in [0.25, 0.3) is 5.91 Å². The van der Waals surface area contributed by atoms with E-state index in [9.17, 15) is 18.0 Å². The highest BCUT2D eigenvalue weighted by Gasteiger charge is 2.53. The Morgan fingerprint density at radius 3 is 2.63 bits per heavy atom. The molecule has 9 heteroatoms. The molecule has 1 unspecified atom stereocenters. The summed E-state index contributed by atoms with van der Waals surface area (Å²) in [6, 6.07) is 8.66. The minimum Gasteiger partial charge on any atom is -0.487 e. The summed E-state index contributed by atoms with van der Waals surface area (Å²) in [5, 5.41) is 4.28. The summed E-state index contributed by atoms with van der Waals surface area (Å²) >= 11 is 0. The standard InChI is InChI=1S/C18H18F3N3O3/c19-18(20,21)16(15-6-9-26-15)23-7-8-24-14(17(23)25)10-12(22-24)11-27-13-4-2-1-3-5-13/h1-5,10,15-16H,6-9,11H2/t15?,16-/m1/s1. The Kier molecular flexibility index (Phi) is 4.55. The highest BCUT2D eigenvalue weighted by Crippen LogP contribution is 2.35. The molecule has 2 aliphatic heterocycles. The van der Waals surface area contributed by atoms with Gasteiger partial charge in [-0.25, -0.2) is 0 Å². The third kappa shape index (κ3) is 3.51. The van der Waals surface area contributed by atoms with Crippen LogP contribution in [-0.2, 0) is 17.9 Å². The van der Waals surface area contributed by atoms with Gasteiger partial charge in [0.15, 0.2) is 6.04 Å². The van der Waals surface area contributed by atoms with Crippen LogP contribution in [0.15, 0.2) is 36.4 Å². The molecule has 1 fully saturated rings. The van der Waals surface area contributed by atoms with Crippen LogP contribution >= 0.6 is 0 Å². The number of alkyl halides is 3. The molecule has 1 amide bonds. The molecule has 1 aromatic heterocycles. The quantitative estimate of drug-likeness (QED) is 0.799. The zero-order valence-corrected chi connectivity index (χ0v) is 14.4. The van der Waals surface area contributed by atoms with Crippen molar-refractivity contribution in [1.29, 1.82) is 0 Å². The van der Waals surface area contributed by atoms with Gasteiger partial charge in [0, 0.05) is 13.2 Å². The molecular formula is C18H18F3N3O3. The summed E-state index contributed by atoms with van der Waals surface area (Å²) in [4.78, 5) is 13.6. The first kappa shape index (κ1) is 17.8. The third-order valence-electron chi connectivity index (χ3n) is 4.75. The van der Waals surface area contributed by atoms with Gasteiger partial charge >= 0.3 is 6.18 Å². The lowest BCUT2D eigenvalue weighted by Crippen LogP contribution is -2.60. The number of halogens is 3. The second-order valence-corrected chi connectivity index (χ2v) is 6.53. The zero-order chi connectivity index (χ0) is 19.0. The maximum Gasteiger partial charge on any atom is 0.411 e. The van der Waals surface area contributed by atoms with Crippen LogP contribution in [0.2, 0.25) is 0 Å². The number of carbonyl (C=O) groups is 1. The van der Waals surface area contributed by atoms with E-state index in [1.165, 1.54) is 10.7 Å². The topological polar surface area (TPSA) is 56.6 Å². The highest BCUT2D eigenvalue weighted by molar-refractivity contribution is 5.93. The van der Waals surface area contributed by atoms with Crippen molar-refractivity contribution < 1.29 is 27.4 Å². The highest BCUT2D eigenvalue weighted by atomic mass is 19.4. The van der Waals surface area contributed by atoms with E-state index in [-0.39, 0.29) is 32.0 Å². The predicted molar refractivity (Wildman–Crippen MR) is 88.2 cm³/mol. The minimum absolute atomic E-state index is 0.0590. The maximum atomic E-state index is 13.5. The smallest absolute Gasteiger partial charge is 0.411 e. The van der Waals surface area contributed by atoms with E-state index in [1.807, 2.05) is 18.2 Å². The van der Waals surface area contributed by atoms with Crippen molar-refractivity contribution in [3.05, 3.63) is 47.8 Å². The Morgan fingerprint density at radius 1 is 1.26 bits per heavy atom. The molecule has 6 nitrogen and oxygen atoms in total. The monoisotopic (exact) mass is 381 g/mol. The van der Waals surface area contributed by atoms with Crippen LogP contribution in [0.25, 0.3) is 0 Å². The van der Waals surface area contributed by atoms with Gasteiger partial charge in [-0.1, -0.05) is 18.2 Å². The van der Waals surface area contributed by atoms with Crippen molar-refractivity contribution in [3.8, 4) is 5.75 Å². The molecule has 0 aliphatic carbocycles. The first-order valence-electron chi connectivity index (χ1n) is 8.67. The van der Waals surface area contributed by atoms with E-state index >= 15 is 0 Å². The fourth-order valence-electron chi connectivity index (χ4n) is 3.36. The van der Waals surface area contributed by atoms with Crippen LogP contribution in [0, 0.1) is 0 Å². The van der Waals surface area contributed by atoms with E-state index in [0.717, 1.165) is 4.90 Å². The predicted octanol–water partition coefficient (Wildman–Crippen LogP) is 2.64. The number of benzene rings is 1. The SMILES string of the molecule is O=C1c2cc(COc3ccccc3)nn2CCN1[C@H](C1CCO1)C(F)(F)F. The number of rotatable bonds is 5. The largest absolute Gasteiger partial charge is 0.487 e. The Morgan fingerprint density at radius 2 is 2.00 bits per heavy atom. The van der Waals surface area contributed by atoms with Crippen molar-refractivity contribution in [2.75, 3.05) is 13.2 Å². The number of hydrogen-bond acceptors (Lipinski definition) is 4. The maximum absolute atomic E-state index is 13.5. The third-order valence-corrected chi connectivity index (χ3v) is 4.75. The second-order valence-electron chi connectivity index (χ2n) is 6.53. The van der Waals surface area contributed by atoms with Crippen LogP contribution in [0.1, 0.15) is 22.6 Å². The van der Waals surface area contributed by atoms with Gasteiger partial charge in [-0.2, -0.15) is 18.3 Å². The fourth-order valence-corrected chi connectivity index (χ4v) is 3.36. The molecule has 2 aliphatic rings. The van der Waals surface area contributed by atoms with Crippen molar-refractivity contribution in [2.45, 2.75) is 37.9 Å². The van der Waals surface area contributed by atoms with Gasteiger partial charge in [0.2, 0.25) is 0 Å². The number of aromatic nitrogens is 2. The summed E-state index contributed by atoms with van der Waals surface area (Å²) in [5.41, 5.74) is 0.633. The van der Waals surface area contributed by atoms with Crippen LogP contribution in [0.3, 0.4) is 0 Å². The summed E-state index contributed by atoms with van der Waals surface area (Å²) in [7, 11) is 0. The summed E-state index contributed by atoms with van der Waals surface area (Å²) < 4.78 is 52.7. The van der Waals surface area contributed by atoms with Gasteiger partial charge in [0.1, 0.15) is 23.7 Å². The van der Waals surface area contributed by atoms with Crippen LogP contribution in [-0.4, -0.2) is 52.1 Å². The molecule has 0 radical (unpaired) electrons. The lowest BCUT2D eigenvalue weighted by atomic mass is 10.0. The van der Waals surface area contributed by atoms with Crippen molar-refractivity contribution in [2.24, 2.45) is 0 Å². The molecule has 27 heavy (non-hydrogen) atoms. The van der Waals surface area contributed by atoms with Crippen molar-refractivity contribution in [3.63, 3.8) is 0 Å². The average molecular weight is 381 g/mol. The van der Waals surface area contributed by atoms with E-state index in [0.29, 0.717) is 17.9 Å². The molecule has 2 atom stereocenters. The zero-order valence-electron chi connectivity index (χ0n) is 14.4. The van der Waals surface area contributed by atoms with E-state index in [1.54, 1.807) is 12.1 Å². The fraction of sp³-hybridized carbons (Fsp3) is 0.444. The molecule has 0 spiro atoms. The van der Waals surface area contributed by atoms with Crippen molar-refractivity contribution in [1.82, 2.24) is 14.7 Å². The number of para-hydroxylation sites is 1. The number of carbonyl (C=O) groups excluding carboxylic acids is 1. The first-order chi connectivity index (χ1) is 12.9. The summed E-state index contributed by atoms with van der Waals surface area (Å²) in [6.45, 7) is 0.562. The van der Waals surface area contributed by atoms with Crippen molar-refractivity contribution >= 4 is 5.91 Å².